The topological polar surface area (TPSA) is 26.3 Å². The highest BCUT2D eigenvalue weighted by atomic mass is 16.5. The van der Waals surface area contributed by atoms with Crippen molar-refractivity contribution in [2.75, 3.05) is 6.61 Å². The molecule has 1 aromatic rings. The molecule has 0 spiro atoms. The zero-order valence-electron chi connectivity index (χ0n) is 12.2. The molecule has 2 nitrogen and oxygen atoms in total. The fourth-order valence-corrected chi connectivity index (χ4v) is 2.55. The Kier molecular flexibility index (Phi) is 4.41. The van der Waals surface area contributed by atoms with E-state index in [2.05, 4.69) is 38.1 Å². The third-order valence-corrected chi connectivity index (χ3v) is 4.07. The summed E-state index contributed by atoms with van der Waals surface area (Å²) in [6.07, 6.45) is 3.51. The highest BCUT2D eigenvalue weighted by molar-refractivity contribution is 5.88. The third kappa shape index (κ3) is 3.44. The lowest BCUT2D eigenvalue weighted by Gasteiger charge is -2.32. The molecule has 1 fully saturated rings. The number of hydrogen-bond donors (Lipinski definition) is 0. The van der Waals surface area contributed by atoms with Crippen LogP contribution in [0, 0.1) is 0 Å². The minimum absolute atomic E-state index is 0.212. The second-order valence-corrected chi connectivity index (χ2v) is 6.03. The van der Waals surface area contributed by atoms with Crippen molar-refractivity contribution >= 4 is 5.78 Å². The Bertz CT molecular complexity index is 425. The van der Waals surface area contributed by atoms with E-state index in [-0.39, 0.29) is 5.78 Å². The van der Waals surface area contributed by atoms with Gasteiger partial charge in [-0.05, 0) is 43.2 Å². The van der Waals surface area contributed by atoms with Gasteiger partial charge in [0.1, 0.15) is 5.60 Å². The maximum Gasteiger partial charge on any atom is 0.168 e. The lowest BCUT2D eigenvalue weighted by Crippen LogP contribution is -2.42. The average molecular weight is 260 g/mol. The van der Waals surface area contributed by atoms with E-state index in [9.17, 15) is 4.79 Å². The number of ketones is 1. The first-order valence-corrected chi connectivity index (χ1v) is 7.27. The normalized spacial score (nSPS) is 23.6. The fourth-order valence-electron chi connectivity index (χ4n) is 2.55. The second-order valence-electron chi connectivity index (χ2n) is 6.03. The fraction of sp³-hybridized carbons (Fsp3) is 0.588. The number of carbonyl (C=O) groups is 1. The summed E-state index contributed by atoms with van der Waals surface area (Å²) in [6.45, 7) is 7.01. The van der Waals surface area contributed by atoms with Gasteiger partial charge in [-0.1, -0.05) is 38.1 Å². The molecule has 1 aliphatic rings. The lowest BCUT2D eigenvalue weighted by atomic mass is 9.88. The van der Waals surface area contributed by atoms with Gasteiger partial charge in [-0.25, -0.2) is 0 Å². The Morgan fingerprint density at radius 1 is 1.26 bits per heavy atom. The summed E-state index contributed by atoms with van der Waals surface area (Å²) >= 11 is 0. The predicted octanol–water partition coefficient (Wildman–Crippen LogP) is 3.88. The summed E-state index contributed by atoms with van der Waals surface area (Å²) in [5.74, 6) is 0.744. The maximum atomic E-state index is 12.4. The van der Waals surface area contributed by atoms with Crippen molar-refractivity contribution in [2.24, 2.45) is 0 Å². The van der Waals surface area contributed by atoms with Crippen LogP contribution in [-0.2, 0) is 16.0 Å². The first kappa shape index (κ1) is 14.3. The van der Waals surface area contributed by atoms with Crippen LogP contribution in [0.3, 0.4) is 0 Å². The van der Waals surface area contributed by atoms with E-state index < -0.39 is 5.60 Å². The van der Waals surface area contributed by atoms with Crippen LogP contribution in [0.5, 0.6) is 0 Å². The van der Waals surface area contributed by atoms with Crippen LogP contribution in [0.4, 0.5) is 0 Å². The van der Waals surface area contributed by atoms with Crippen molar-refractivity contribution in [1.82, 2.24) is 0 Å². The van der Waals surface area contributed by atoms with Crippen LogP contribution >= 0.6 is 0 Å². The van der Waals surface area contributed by atoms with Gasteiger partial charge in [0.05, 0.1) is 0 Å². The van der Waals surface area contributed by atoms with E-state index >= 15 is 0 Å². The molecule has 2 heteroatoms. The summed E-state index contributed by atoms with van der Waals surface area (Å²) in [5, 5.41) is 0. The van der Waals surface area contributed by atoms with Crippen LogP contribution in [0.15, 0.2) is 24.3 Å². The van der Waals surface area contributed by atoms with Gasteiger partial charge in [0.25, 0.3) is 0 Å². The Labute approximate surface area is 116 Å². The van der Waals surface area contributed by atoms with Crippen molar-refractivity contribution in [2.45, 2.75) is 58.0 Å². The number of carbonyl (C=O) groups excluding carboxylic acids is 1. The van der Waals surface area contributed by atoms with Gasteiger partial charge < -0.3 is 4.74 Å². The number of rotatable bonds is 4. The molecular weight excluding hydrogens is 236 g/mol. The van der Waals surface area contributed by atoms with E-state index in [4.69, 9.17) is 4.74 Å². The molecule has 1 atom stereocenters. The van der Waals surface area contributed by atoms with Crippen molar-refractivity contribution in [3.63, 3.8) is 0 Å². The molecule has 1 unspecified atom stereocenters. The molecule has 0 aromatic heterocycles. The molecule has 19 heavy (non-hydrogen) atoms. The molecule has 1 saturated heterocycles. The van der Waals surface area contributed by atoms with Gasteiger partial charge in [-0.3, -0.25) is 4.79 Å². The molecule has 1 aromatic carbocycles. The van der Waals surface area contributed by atoms with Crippen molar-refractivity contribution in [3.8, 4) is 0 Å². The number of hydrogen-bond acceptors (Lipinski definition) is 2. The first-order valence-electron chi connectivity index (χ1n) is 7.27. The minimum Gasteiger partial charge on any atom is -0.367 e. The molecule has 0 amide bonds. The van der Waals surface area contributed by atoms with Gasteiger partial charge in [-0.15, -0.1) is 0 Å². The summed E-state index contributed by atoms with van der Waals surface area (Å²) in [4.78, 5) is 12.4. The van der Waals surface area contributed by atoms with Gasteiger partial charge >= 0.3 is 0 Å². The number of ether oxygens (including phenoxy) is 1. The van der Waals surface area contributed by atoms with Gasteiger partial charge in [0.2, 0.25) is 0 Å². The molecule has 0 aliphatic carbocycles. The lowest BCUT2D eigenvalue weighted by molar-refractivity contribution is -0.147. The van der Waals surface area contributed by atoms with Crippen molar-refractivity contribution < 1.29 is 9.53 Å². The molecule has 0 N–H and O–H groups in total. The van der Waals surface area contributed by atoms with E-state index in [1.807, 2.05) is 6.92 Å². The highest BCUT2D eigenvalue weighted by Crippen LogP contribution is 2.27. The minimum atomic E-state index is -0.561. The van der Waals surface area contributed by atoms with Gasteiger partial charge in [0.15, 0.2) is 5.78 Å². The standard InChI is InChI=1S/C17H24O2/c1-13(2)15-8-6-14(7-9-15)12-16(18)17(3)10-4-5-11-19-17/h6-9,13H,4-5,10-12H2,1-3H3. The Morgan fingerprint density at radius 2 is 1.95 bits per heavy atom. The second kappa shape index (κ2) is 5.87. The summed E-state index contributed by atoms with van der Waals surface area (Å²) < 4.78 is 5.71. The molecular formula is C17H24O2. The highest BCUT2D eigenvalue weighted by Gasteiger charge is 2.35. The quantitative estimate of drug-likeness (QED) is 0.821. The Balaban J connectivity index is 2.02. The zero-order valence-corrected chi connectivity index (χ0v) is 12.2. The average Bonchev–Trinajstić information content (AvgIpc) is 2.40. The monoisotopic (exact) mass is 260 g/mol. The van der Waals surface area contributed by atoms with Gasteiger partial charge in [-0.2, -0.15) is 0 Å². The van der Waals surface area contributed by atoms with E-state index in [0.29, 0.717) is 18.9 Å². The summed E-state index contributed by atoms with van der Waals surface area (Å²) in [7, 11) is 0. The number of benzene rings is 1. The summed E-state index contributed by atoms with van der Waals surface area (Å²) in [6, 6.07) is 8.38. The largest absolute Gasteiger partial charge is 0.367 e. The predicted molar refractivity (Wildman–Crippen MR) is 77.5 cm³/mol. The maximum absolute atomic E-state index is 12.4. The van der Waals surface area contributed by atoms with Crippen molar-refractivity contribution in [3.05, 3.63) is 35.4 Å². The SMILES string of the molecule is CC(C)c1ccc(CC(=O)C2(C)CCCCO2)cc1. The van der Waals surface area contributed by atoms with E-state index in [1.165, 1.54) is 5.56 Å². The van der Waals surface area contributed by atoms with Gasteiger partial charge in [0, 0.05) is 13.0 Å². The number of Topliss-reactive ketones (excluding diaryl/α,β-unsaturated/α-hetero) is 1. The molecule has 0 saturated carbocycles. The molecule has 104 valence electrons. The molecule has 0 radical (unpaired) electrons. The molecule has 2 rings (SSSR count). The molecule has 0 bridgehead atoms. The van der Waals surface area contributed by atoms with Crippen LogP contribution in [0.25, 0.3) is 0 Å². The smallest absolute Gasteiger partial charge is 0.168 e. The molecule has 1 heterocycles. The zero-order chi connectivity index (χ0) is 13.9. The summed E-state index contributed by atoms with van der Waals surface area (Å²) in [5.41, 5.74) is 1.84. The third-order valence-electron chi connectivity index (χ3n) is 4.07. The van der Waals surface area contributed by atoms with Crippen LogP contribution in [0.1, 0.15) is 57.1 Å². The van der Waals surface area contributed by atoms with E-state index in [0.717, 1.165) is 24.8 Å². The van der Waals surface area contributed by atoms with Crippen LogP contribution in [0.2, 0.25) is 0 Å². The van der Waals surface area contributed by atoms with Crippen LogP contribution in [-0.4, -0.2) is 18.0 Å². The Morgan fingerprint density at radius 3 is 2.47 bits per heavy atom. The first-order chi connectivity index (χ1) is 9.01. The molecule has 1 aliphatic heterocycles. The Hall–Kier alpha value is -1.15. The van der Waals surface area contributed by atoms with Crippen LogP contribution < -0.4 is 0 Å². The van der Waals surface area contributed by atoms with Crippen molar-refractivity contribution in [1.29, 1.82) is 0 Å². The van der Waals surface area contributed by atoms with E-state index in [1.54, 1.807) is 0 Å².